The molecule has 2 aromatic rings. The molecule has 1 aliphatic carbocycles. The van der Waals surface area contributed by atoms with Gasteiger partial charge in [0.25, 0.3) is 0 Å². The molecule has 8 heteroatoms. The molecule has 0 spiro atoms. The molecule has 0 bridgehead atoms. The summed E-state index contributed by atoms with van der Waals surface area (Å²) in [6, 6.07) is 3.27. The zero-order chi connectivity index (χ0) is 14.9. The average molecular weight is 311 g/mol. The Labute approximate surface area is 125 Å². The van der Waals surface area contributed by atoms with Gasteiger partial charge < -0.3 is 9.52 Å². The average Bonchev–Trinajstić information content (AvgIpc) is 3.08. The predicted octanol–water partition coefficient (Wildman–Crippen LogP) is 2.62. The van der Waals surface area contributed by atoms with Crippen molar-refractivity contribution in [2.75, 3.05) is 0 Å². The molecule has 0 saturated heterocycles. The summed E-state index contributed by atoms with van der Waals surface area (Å²) in [5.41, 5.74) is -0.807. The number of hydrogen-bond acceptors (Lipinski definition) is 5. The fourth-order valence-corrected chi connectivity index (χ4v) is 3.02. The first kappa shape index (κ1) is 14.1. The van der Waals surface area contributed by atoms with Crippen molar-refractivity contribution in [2.24, 2.45) is 5.41 Å². The molecule has 7 nitrogen and oxygen atoms in total. The number of carboxylic acid groups (broad SMARTS) is 1. The molecular formula is C13H15ClN4O3. The molecule has 0 atom stereocenters. The standard InChI is InChI=1S/C13H15ClN4O3/c14-10-5-4-9(21-10)11-15-16-17-18(11)8-13(12(19)20)6-2-1-3-7-13/h4-5H,1-3,6-8H2,(H,19,20). The smallest absolute Gasteiger partial charge is 0.311 e. The van der Waals surface area contributed by atoms with E-state index in [0.717, 1.165) is 19.3 Å². The minimum Gasteiger partial charge on any atom is -0.481 e. The highest BCUT2D eigenvalue weighted by molar-refractivity contribution is 6.28. The number of carbonyl (C=O) groups is 1. The summed E-state index contributed by atoms with van der Waals surface area (Å²) in [6.45, 7) is 0.239. The van der Waals surface area contributed by atoms with Gasteiger partial charge in [0.15, 0.2) is 11.0 Å². The highest BCUT2D eigenvalue weighted by Gasteiger charge is 2.41. The van der Waals surface area contributed by atoms with Crippen molar-refractivity contribution in [3.05, 3.63) is 17.4 Å². The van der Waals surface area contributed by atoms with Gasteiger partial charge in [0.1, 0.15) is 0 Å². The van der Waals surface area contributed by atoms with E-state index in [9.17, 15) is 9.90 Å². The van der Waals surface area contributed by atoms with Crippen molar-refractivity contribution in [3.8, 4) is 11.6 Å². The topological polar surface area (TPSA) is 94.0 Å². The Kier molecular flexibility index (Phi) is 3.67. The highest BCUT2D eigenvalue weighted by Crippen LogP contribution is 2.38. The summed E-state index contributed by atoms with van der Waals surface area (Å²) in [4.78, 5) is 11.7. The highest BCUT2D eigenvalue weighted by atomic mass is 35.5. The normalized spacial score (nSPS) is 17.8. The van der Waals surface area contributed by atoms with E-state index in [1.807, 2.05) is 0 Å². The maximum absolute atomic E-state index is 11.7. The molecule has 21 heavy (non-hydrogen) atoms. The molecule has 1 aliphatic rings. The van der Waals surface area contributed by atoms with Gasteiger partial charge in [0.05, 0.1) is 12.0 Å². The van der Waals surface area contributed by atoms with Gasteiger partial charge in [-0.05, 0) is 47.0 Å². The lowest BCUT2D eigenvalue weighted by molar-refractivity contribution is -0.152. The van der Waals surface area contributed by atoms with E-state index in [4.69, 9.17) is 16.0 Å². The van der Waals surface area contributed by atoms with E-state index in [-0.39, 0.29) is 11.8 Å². The fraction of sp³-hybridized carbons (Fsp3) is 0.538. The van der Waals surface area contributed by atoms with Crippen LogP contribution in [0.2, 0.25) is 5.22 Å². The minimum atomic E-state index is -0.807. The van der Waals surface area contributed by atoms with Gasteiger partial charge in [0.2, 0.25) is 5.82 Å². The van der Waals surface area contributed by atoms with Crippen LogP contribution < -0.4 is 0 Å². The molecule has 1 N–H and O–H groups in total. The monoisotopic (exact) mass is 310 g/mol. The number of hydrogen-bond donors (Lipinski definition) is 1. The number of halogens is 1. The van der Waals surface area contributed by atoms with Crippen molar-refractivity contribution in [1.82, 2.24) is 20.2 Å². The van der Waals surface area contributed by atoms with E-state index >= 15 is 0 Å². The molecule has 0 aliphatic heterocycles. The lowest BCUT2D eigenvalue weighted by Gasteiger charge is -2.32. The van der Waals surface area contributed by atoms with Crippen LogP contribution in [-0.2, 0) is 11.3 Å². The lowest BCUT2D eigenvalue weighted by Crippen LogP contribution is -2.38. The number of nitrogens with zero attached hydrogens (tertiary/aromatic N) is 4. The van der Waals surface area contributed by atoms with Crippen molar-refractivity contribution in [1.29, 1.82) is 0 Å². The number of carboxylic acids is 1. The largest absolute Gasteiger partial charge is 0.481 e. The van der Waals surface area contributed by atoms with Crippen LogP contribution in [0.15, 0.2) is 16.5 Å². The third-order valence-corrected chi connectivity index (χ3v) is 4.25. The summed E-state index contributed by atoms with van der Waals surface area (Å²) in [6.07, 6.45) is 4.18. The Balaban J connectivity index is 1.91. The molecule has 2 aromatic heterocycles. The Bertz CT molecular complexity index is 645. The Morgan fingerprint density at radius 1 is 1.38 bits per heavy atom. The quantitative estimate of drug-likeness (QED) is 0.932. The molecule has 1 saturated carbocycles. The van der Waals surface area contributed by atoms with Crippen molar-refractivity contribution in [2.45, 2.75) is 38.6 Å². The van der Waals surface area contributed by atoms with E-state index in [1.54, 1.807) is 12.1 Å². The lowest BCUT2D eigenvalue weighted by atomic mass is 9.74. The third kappa shape index (κ3) is 2.65. The summed E-state index contributed by atoms with van der Waals surface area (Å²) >= 11 is 5.76. The van der Waals surface area contributed by atoms with Crippen LogP contribution in [0.5, 0.6) is 0 Å². The Morgan fingerprint density at radius 3 is 2.76 bits per heavy atom. The number of aromatic nitrogens is 4. The molecule has 0 amide bonds. The zero-order valence-corrected chi connectivity index (χ0v) is 12.1. The van der Waals surface area contributed by atoms with Crippen LogP contribution in [0.25, 0.3) is 11.6 Å². The SMILES string of the molecule is O=C(O)C1(Cn2nnnc2-c2ccc(Cl)o2)CCCCC1. The fourth-order valence-electron chi connectivity index (χ4n) is 2.88. The molecule has 0 radical (unpaired) electrons. The Hall–Kier alpha value is -1.89. The molecule has 0 unspecified atom stereocenters. The van der Waals surface area contributed by atoms with Crippen LogP contribution in [0.3, 0.4) is 0 Å². The van der Waals surface area contributed by atoms with Crippen molar-refractivity contribution < 1.29 is 14.3 Å². The third-order valence-electron chi connectivity index (χ3n) is 4.04. The van der Waals surface area contributed by atoms with Crippen LogP contribution >= 0.6 is 11.6 Å². The number of tetrazole rings is 1. The van der Waals surface area contributed by atoms with Gasteiger partial charge in [-0.25, -0.2) is 4.68 Å². The van der Waals surface area contributed by atoms with Crippen LogP contribution in [0, 0.1) is 5.41 Å². The molecule has 112 valence electrons. The van der Waals surface area contributed by atoms with Crippen LogP contribution in [-0.4, -0.2) is 31.3 Å². The van der Waals surface area contributed by atoms with E-state index in [2.05, 4.69) is 15.5 Å². The summed E-state index contributed by atoms with van der Waals surface area (Å²) < 4.78 is 6.80. The second kappa shape index (κ2) is 5.48. The van der Waals surface area contributed by atoms with Crippen molar-refractivity contribution >= 4 is 17.6 Å². The maximum atomic E-state index is 11.7. The second-order valence-corrected chi connectivity index (χ2v) is 5.78. The van der Waals surface area contributed by atoms with Gasteiger partial charge in [-0.3, -0.25) is 4.79 Å². The zero-order valence-electron chi connectivity index (χ0n) is 11.3. The summed E-state index contributed by atoms with van der Waals surface area (Å²) in [7, 11) is 0. The molecule has 3 rings (SSSR count). The molecular weight excluding hydrogens is 296 g/mol. The van der Waals surface area contributed by atoms with Gasteiger partial charge in [-0.1, -0.05) is 19.3 Å². The van der Waals surface area contributed by atoms with Gasteiger partial charge in [-0.2, -0.15) is 0 Å². The van der Waals surface area contributed by atoms with Crippen LogP contribution in [0.1, 0.15) is 32.1 Å². The van der Waals surface area contributed by atoms with Crippen LogP contribution in [0.4, 0.5) is 0 Å². The number of aliphatic carboxylic acids is 1. The van der Waals surface area contributed by atoms with Gasteiger partial charge >= 0.3 is 5.97 Å². The van der Waals surface area contributed by atoms with Gasteiger partial charge in [0, 0.05) is 0 Å². The van der Waals surface area contributed by atoms with Gasteiger partial charge in [-0.15, -0.1) is 5.10 Å². The number of rotatable bonds is 4. The first-order valence-electron chi connectivity index (χ1n) is 6.86. The minimum absolute atomic E-state index is 0.239. The van der Waals surface area contributed by atoms with Crippen molar-refractivity contribution in [3.63, 3.8) is 0 Å². The molecule has 1 fully saturated rings. The summed E-state index contributed by atoms with van der Waals surface area (Å²) in [5.74, 6) is 0.0376. The first-order valence-corrected chi connectivity index (χ1v) is 7.24. The molecule has 2 heterocycles. The maximum Gasteiger partial charge on any atom is 0.311 e. The summed E-state index contributed by atoms with van der Waals surface area (Å²) in [5, 5.41) is 21.3. The van der Waals surface area contributed by atoms with E-state index in [0.29, 0.717) is 24.4 Å². The number of furan rings is 1. The predicted molar refractivity (Wildman–Crippen MR) is 73.7 cm³/mol. The Morgan fingerprint density at radius 2 is 2.14 bits per heavy atom. The molecule has 0 aromatic carbocycles. The van der Waals surface area contributed by atoms with E-state index in [1.165, 1.54) is 4.68 Å². The van der Waals surface area contributed by atoms with E-state index < -0.39 is 11.4 Å². The second-order valence-electron chi connectivity index (χ2n) is 5.41. The first-order chi connectivity index (χ1) is 10.1.